The summed E-state index contributed by atoms with van der Waals surface area (Å²) in [6.45, 7) is 3.73. The molecule has 1 heterocycles. The lowest BCUT2D eigenvalue weighted by molar-refractivity contribution is -0.135. The molecule has 0 spiro atoms. The van der Waals surface area contributed by atoms with E-state index in [-0.39, 0.29) is 29.3 Å². The van der Waals surface area contributed by atoms with E-state index < -0.39 is 6.04 Å². The van der Waals surface area contributed by atoms with Crippen LogP contribution in [0.15, 0.2) is 42.5 Å². The summed E-state index contributed by atoms with van der Waals surface area (Å²) < 4.78 is 18.3. The van der Waals surface area contributed by atoms with Crippen molar-refractivity contribution < 1.29 is 18.7 Å². The number of halogens is 2. The molecule has 7 nitrogen and oxygen atoms in total. The van der Waals surface area contributed by atoms with E-state index in [1.54, 1.807) is 30.0 Å². The molecule has 1 atom stereocenters. The van der Waals surface area contributed by atoms with Crippen molar-refractivity contribution >= 4 is 29.1 Å². The van der Waals surface area contributed by atoms with Gasteiger partial charge in [-0.1, -0.05) is 11.6 Å². The summed E-state index contributed by atoms with van der Waals surface area (Å²) in [5.74, 6) is -0.287. The minimum Gasteiger partial charge on any atom is -0.484 e. The molecule has 2 amide bonds. The van der Waals surface area contributed by atoms with E-state index in [2.05, 4.69) is 5.32 Å². The average molecular weight is 445 g/mol. The average Bonchev–Trinajstić information content (AvgIpc) is 2.78. The third-order valence-electron chi connectivity index (χ3n) is 5.13. The number of hydrogen-bond acceptors (Lipinski definition) is 5. The highest BCUT2D eigenvalue weighted by atomic mass is 35.5. The lowest BCUT2D eigenvalue weighted by atomic mass is 10.2. The van der Waals surface area contributed by atoms with Gasteiger partial charge in [0.05, 0.1) is 16.6 Å². The van der Waals surface area contributed by atoms with Crippen LogP contribution in [0.5, 0.6) is 5.75 Å². The minimum absolute atomic E-state index is 0.124. The lowest BCUT2D eigenvalue weighted by Gasteiger charge is -2.37. The van der Waals surface area contributed by atoms with Gasteiger partial charge in [-0.25, -0.2) is 4.39 Å². The molecule has 1 N–H and O–H groups in total. The molecular weight excluding hydrogens is 423 g/mol. The summed E-state index contributed by atoms with van der Waals surface area (Å²) in [4.78, 5) is 28.6. The van der Waals surface area contributed by atoms with Crippen LogP contribution >= 0.6 is 11.6 Å². The van der Waals surface area contributed by atoms with Gasteiger partial charge in [0.15, 0.2) is 6.61 Å². The Morgan fingerprint density at radius 1 is 1.19 bits per heavy atom. The number of nitrogens with one attached hydrogen (secondary N) is 1. The summed E-state index contributed by atoms with van der Waals surface area (Å²) in [7, 11) is 0. The molecule has 0 aliphatic carbocycles. The Kier molecular flexibility index (Phi) is 7.45. The molecule has 9 heteroatoms. The Bertz CT molecular complexity index is 985. The second-order valence-electron chi connectivity index (χ2n) is 7.13. The Morgan fingerprint density at radius 2 is 1.87 bits per heavy atom. The second kappa shape index (κ2) is 10.2. The van der Waals surface area contributed by atoms with Gasteiger partial charge < -0.3 is 15.0 Å². The second-order valence-corrected chi connectivity index (χ2v) is 7.54. The summed E-state index contributed by atoms with van der Waals surface area (Å²) in [6.07, 6.45) is 0. The zero-order valence-electron chi connectivity index (χ0n) is 17.0. The predicted molar refractivity (Wildman–Crippen MR) is 114 cm³/mol. The zero-order valence-corrected chi connectivity index (χ0v) is 17.7. The number of amides is 2. The molecule has 2 aromatic carbocycles. The van der Waals surface area contributed by atoms with Crippen LogP contribution in [0.1, 0.15) is 12.5 Å². The van der Waals surface area contributed by atoms with Crippen molar-refractivity contribution in [2.45, 2.75) is 13.0 Å². The molecule has 162 valence electrons. The highest BCUT2D eigenvalue weighted by Crippen LogP contribution is 2.21. The van der Waals surface area contributed by atoms with Gasteiger partial charge in [0.25, 0.3) is 5.91 Å². The predicted octanol–water partition coefficient (Wildman–Crippen LogP) is 2.90. The number of anilines is 1. The van der Waals surface area contributed by atoms with Crippen LogP contribution in [0, 0.1) is 17.1 Å². The highest BCUT2D eigenvalue weighted by Gasteiger charge is 2.27. The fourth-order valence-corrected chi connectivity index (χ4v) is 3.44. The van der Waals surface area contributed by atoms with E-state index in [1.165, 1.54) is 24.3 Å². The number of piperazine rings is 1. The van der Waals surface area contributed by atoms with Crippen LogP contribution in [-0.2, 0) is 9.59 Å². The highest BCUT2D eigenvalue weighted by molar-refractivity contribution is 6.32. The number of carbonyl (C=O) groups excluding carboxylic acids is 2. The molecule has 0 bridgehead atoms. The monoisotopic (exact) mass is 444 g/mol. The lowest BCUT2D eigenvalue weighted by Crippen LogP contribution is -2.54. The van der Waals surface area contributed by atoms with Crippen molar-refractivity contribution in [3.63, 3.8) is 0 Å². The normalized spacial score (nSPS) is 15.1. The maximum Gasteiger partial charge on any atom is 0.260 e. The van der Waals surface area contributed by atoms with Crippen molar-refractivity contribution in [3.05, 3.63) is 58.9 Å². The molecule has 1 saturated heterocycles. The fraction of sp³-hybridized carbons (Fsp3) is 0.318. The van der Waals surface area contributed by atoms with Gasteiger partial charge in [-0.05, 0) is 49.4 Å². The molecule has 1 fully saturated rings. The Morgan fingerprint density at radius 3 is 2.48 bits per heavy atom. The summed E-state index contributed by atoms with van der Waals surface area (Å²) in [5.41, 5.74) is 0.865. The van der Waals surface area contributed by atoms with Crippen molar-refractivity contribution in [2.75, 3.05) is 38.1 Å². The van der Waals surface area contributed by atoms with Gasteiger partial charge in [-0.15, -0.1) is 0 Å². The van der Waals surface area contributed by atoms with E-state index in [0.29, 0.717) is 43.2 Å². The summed E-state index contributed by atoms with van der Waals surface area (Å²) >= 11 is 6.01. The first kappa shape index (κ1) is 22.5. The van der Waals surface area contributed by atoms with E-state index in [9.17, 15) is 14.0 Å². The molecule has 31 heavy (non-hydrogen) atoms. The van der Waals surface area contributed by atoms with Crippen molar-refractivity contribution in [2.24, 2.45) is 0 Å². The molecule has 1 aliphatic heterocycles. The molecule has 0 aromatic heterocycles. The van der Waals surface area contributed by atoms with Gasteiger partial charge in [0.2, 0.25) is 5.91 Å². The van der Waals surface area contributed by atoms with Crippen LogP contribution in [0.4, 0.5) is 10.1 Å². The first-order chi connectivity index (χ1) is 14.9. The van der Waals surface area contributed by atoms with Crippen LogP contribution in [0.2, 0.25) is 5.02 Å². The molecule has 1 unspecified atom stereocenters. The Balaban J connectivity index is 1.46. The van der Waals surface area contributed by atoms with Gasteiger partial charge in [-0.3, -0.25) is 14.5 Å². The summed E-state index contributed by atoms with van der Waals surface area (Å²) in [6, 6.07) is 11.8. The quantitative estimate of drug-likeness (QED) is 0.740. The van der Waals surface area contributed by atoms with Crippen LogP contribution < -0.4 is 10.1 Å². The van der Waals surface area contributed by atoms with Crippen molar-refractivity contribution in [3.8, 4) is 11.8 Å². The number of nitrogens with zero attached hydrogens (tertiary/aromatic N) is 3. The standard InChI is InChI=1S/C22H22ClFN4O3/c1-15(22(30)26-18-5-2-16(13-25)20(23)12-18)27-8-10-28(11-9-27)21(29)14-31-19-6-3-17(24)4-7-19/h2-7,12,15H,8-11,14H2,1H3,(H,26,30). The van der Waals surface area contributed by atoms with Crippen molar-refractivity contribution in [1.29, 1.82) is 5.26 Å². The van der Waals surface area contributed by atoms with E-state index in [1.807, 2.05) is 11.0 Å². The molecule has 0 saturated carbocycles. The number of ether oxygens (including phenoxy) is 1. The van der Waals surface area contributed by atoms with E-state index in [4.69, 9.17) is 21.6 Å². The number of hydrogen-bond donors (Lipinski definition) is 1. The SMILES string of the molecule is CC(C(=O)Nc1ccc(C#N)c(Cl)c1)N1CCN(C(=O)COc2ccc(F)cc2)CC1. The van der Waals surface area contributed by atoms with E-state index >= 15 is 0 Å². The molecule has 0 radical (unpaired) electrons. The third-order valence-corrected chi connectivity index (χ3v) is 5.44. The van der Waals surface area contributed by atoms with Crippen LogP contribution in [0.25, 0.3) is 0 Å². The molecule has 1 aliphatic rings. The van der Waals surface area contributed by atoms with Crippen LogP contribution in [-0.4, -0.2) is 60.4 Å². The topological polar surface area (TPSA) is 85.7 Å². The Hall–Kier alpha value is -3.15. The fourth-order valence-electron chi connectivity index (χ4n) is 3.22. The first-order valence-corrected chi connectivity index (χ1v) is 10.2. The van der Waals surface area contributed by atoms with Gasteiger partial charge >= 0.3 is 0 Å². The van der Waals surface area contributed by atoms with Crippen LogP contribution in [0.3, 0.4) is 0 Å². The number of rotatable bonds is 6. The van der Waals surface area contributed by atoms with Crippen molar-refractivity contribution in [1.82, 2.24) is 9.80 Å². The molecular formula is C22H22ClFN4O3. The molecule has 2 aromatic rings. The number of carbonyl (C=O) groups is 2. The molecule has 3 rings (SSSR count). The zero-order chi connectivity index (χ0) is 22.4. The summed E-state index contributed by atoms with van der Waals surface area (Å²) in [5, 5.41) is 12.0. The largest absolute Gasteiger partial charge is 0.484 e. The van der Waals surface area contributed by atoms with Gasteiger partial charge in [-0.2, -0.15) is 5.26 Å². The smallest absolute Gasteiger partial charge is 0.260 e. The maximum absolute atomic E-state index is 12.9. The Labute approximate surface area is 184 Å². The number of benzene rings is 2. The third kappa shape index (κ3) is 5.94. The van der Waals surface area contributed by atoms with Gasteiger partial charge in [0, 0.05) is 31.9 Å². The first-order valence-electron chi connectivity index (χ1n) is 9.78. The van der Waals surface area contributed by atoms with Gasteiger partial charge in [0.1, 0.15) is 17.6 Å². The number of nitriles is 1. The maximum atomic E-state index is 12.9. The minimum atomic E-state index is -0.401. The van der Waals surface area contributed by atoms with E-state index in [0.717, 1.165) is 0 Å².